The number of carboxylic acid groups (broad SMARTS) is 3. The predicted molar refractivity (Wildman–Crippen MR) is 217 cm³/mol. The van der Waals surface area contributed by atoms with Gasteiger partial charge in [0.15, 0.2) is 0 Å². The zero-order valence-corrected chi connectivity index (χ0v) is 32.9. The number of hydrogen-bond donors (Lipinski definition) is 7. The molecule has 0 radical (unpaired) electrons. The zero-order chi connectivity index (χ0) is 40.2. The Morgan fingerprint density at radius 2 is 1.61 bits per heavy atom. The van der Waals surface area contributed by atoms with Gasteiger partial charge in [-0.3, -0.25) is 28.8 Å². The third-order valence-electron chi connectivity index (χ3n) is 7.22. The van der Waals surface area contributed by atoms with E-state index in [1.165, 1.54) is 0 Å². The summed E-state index contributed by atoms with van der Waals surface area (Å²) in [6.07, 6.45) is 4.30. The minimum atomic E-state index is -1.22. The number of halogens is 1. The van der Waals surface area contributed by atoms with Crippen LogP contribution in [0.5, 0.6) is 0 Å². The number of aliphatic carboxylic acids is 3. The highest BCUT2D eigenvalue weighted by Gasteiger charge is 2.21. The van der Waals surface area contributed by atoms with Gasteiger partial charge in [-0.15, -0.1) is 23.5 Å². The highest BCUT2D eigenvalue weighted by atomic mass is 35.5. The van der Waals surface area contributed by atoms with E-state index in [1.807, 2.05) is 60.7 Å². The largest absolute Gasteiger partial charge is 0.481 e. The Labute approximate surface area is 332 Å². The molecule has 3 aromatic rings. The fourth-order valence-electron chi connectivity index (χ4n) is 4.32. The number of thioether (sulfide) groups is 2. The lowest BCUT2D eigenvalue weighted by molar-refractivity contribution is -0.139. The maximum Gasteiger partial charge on any atom is 0.322 e. The summed E-state index contributed by atoms with van der Waals surface area (Å²) in [5.74, 6) is -3.24. The van der Waals surface area contributed by atoms with Gasteiger partial charge >= 0.3 is 17.9 Å². The third kappa shape index (κ3) is 17.7. The van der Waals surface area contributed by atoms with Gasteiger partial charge in [0.05, 0.1) is 22.2 Å². The number of hydrogen-bond acceptors (Lipinski definition) is 11. The Morgan fingerprint density at radius 1 is 0.926 bits per heavy atom. The van der Waals surface area contributed by atoms with Crippen LogP contribution >= 0.6 is 47.8 Å². The molecule has 18 heteroatoms. The lowest BCUT2D eigenvalue weighted by Gasteiger charge is -2.18. The number of nitrogens with two attached hydrogens (primary N) is 1. The topological polar surface area (TPSA) is 229 Å². The third-order valence-corrected chi connectivity index (χ3v) is 10.7. The molecule has 3 rings (SSSR count). The number of benzene rings is 2. The summed E-state index contributed by atoms with van der Waals surface area (Å²) in [6.45, 7) is -0.567. The Bertz CT molecular complexity index is 1800. The van der Waals surface area contributed by atoms with Crippen molar-refractivity contribution >= 4 is 106 Å². The molecular weight excluding hydrogens is 778 g/mol. The van der Waals surface area contributed by atoms with Crippen molar-refractivity contribution in [1.82, 2.24) is 20.5 Å². The van der Waals surface area contributed by atoms with Crippen LogP contribution in [-0.4, -0.2) is 111 Å². The van der Waals surface area contributed by atoms with Crippen LogP contribution in [-0.2, 0) is 28.8 Å². The summed E-state index contributed by atoms with van der Waals surface area (Å²) >= 11 is 13.2. The summed E-state index contributed by atoms with van der Waals surface area (Å²) in [5, 5.41) is 32.1. The quantitative estimate of drug-likeness (QED) is 0.0625. The van der Waals surface area contributed by atoms with E-state index in [1.54, 1.807) is 42.5 Å². The van der Waals surface area contributed by atoms with E-state index in [4.69, 9.17) is 32.7 Å². The molecule has 2 aromatic carbocycles. The number of carboxylic acids is 3. The second-order valence-electron chi connectivity index (χ2n) is 11.7. The first-order valence-electron chi connectivity index (χ1n) is 16.5. The van der Waals surface area contributed by atoms with Crippen molar-refractivity contribution in [2.24, 2.45) is 5.73 Å². The number of carbonyl (C=O) groups excluding carboxylic acids is 3. The van der Waals surface area contributed by atoms with Crippen molar-refractivity contribution in [1.29, 1.82) is 0 Å². The van der Waals surface area contributed by atoms with E-state index >= 15 is 0 Å². The van der Waals surface area contributed by atoms with Crippen LogP contribution in [0.1, 0.15) is 47.1 Å². The van der Waals surface area contributed by atoms with Crippen LogP contribution in [0.15, 0.2) is 54.6 Å². The summed E-state index contributed by atoms with van der Waals surface area (Å²) < 4.78 is 0.0450. The van der Waals surface area contributed by atoms with Gasteiger partial charge in [-0.05, 0) is 47.9 Å². The Morgan fingerprint density at radius 3 is 2.24 bits per heavy atom. The van der Waals surface area contributed by atoms with Crippen molar-refractivity contribution in [3.63, 3.8) is 0 Å². The molecule has 3 amide bonds. The average molecular weight is 822 g/mol. The molecule has 1 aromatic heterocycles. The maximum absolute atomic E-state index is 11.9. The first-order valence-corrected chi connectivity index (χ1v) is 19.6. The van der Waals surface area contributed by atoms with E-state index in [2.05, 4.69) is 34.3 Å². The van der Waals surface area contributed by atoms with Crippen LogP contribution < -0.4 is 16.4 Å². The van der Waals surface area contributed by atoms with E-state index in [9.17, 15) is 28.8 Å². The number of rotatable bonds is 20. The number of fused-ring (bicyclic) bond motifs is 1. The first kappa shape index (κ1) is 45.9. The van der Waals surface area contributed by atoms with E-state index in [0.29, 0.717) is 22.9 Å². The first-order chi connectivity index (χ1) is 25.6. The predicted octanol–water partition coefficient (Wildman–Crippen LogP) is 4.27. The minimum absolute atomic E-state index is 0.0256. The van der Waals surface area contributed by atoms with Crippen LogP contribution in [0.2, 0.25) is 5.02 Å². The molecule has 0 aliphatic carbocycles. The SMILES string of the molecule is CN(C)C(=O)CCSC(SCCC(=O)O)c1cccc(/C=C/c2ccc3ccc(Cl)cc3n2)c1.N[C@@H](CCC(=O)N[C@@H](CS)C(=O)NCC(=O)O)C(=O)O. The van der Waals surface area contributed by atoms with Gasteiger partial charge in [-0.25, -0.2) is 4.98 Å². The number of pyridine rings is 1. The van der Waals surface area contributed by atoms with Crippen molar-refractivity contribution in [3.05, 3.63) is 76.4 Å². The van der Waals surface area contributed by atoms with Crippen LogP contribution in [0.3, 0.4) is 0 Å². The number of amides is 3. The number of nitrogens with one attached hydrogen (secondary N) is 2. The van der Waals surface area contributed by atoms with Crippen LogP contribution in [0.4, 0.5) is 0 Å². The fraction of sp³-hybridized carbons (Fsp3) is 0.361. The molecule has 1 unspecified atom stereocenters. The summed E-state index contributed by atoms with van der Waals surface area (Å²) in [6, 6.07) is 15.7. The van der Waals surface area contributed by atoms with Gasteiger partial charge < -0.3 is 36.6 Å². The Kier molecular flexibility index (Phi) is 20.5. The van der Waals surface area contributed by atoms with Crippen molar-refractivity contribution in [2.75, 3.05) is 37.9 Å². The fourth-order valence-corrected chi connectivity index (χ4v) is 7.39. The Hall–Kier alpha value is -4.29. The molecule has 0 saturated carbocycles. The molecule has 0 aliphatic rings. The molecule has 0 fully saturated rings. The minimum Gasteiger partial charge on any atom is -0.481 e. The second-order valence-corrected chi connectivity index (χ2v) is 15.3. The van der Waals surface area contributed by atoms with Crippen molar-refractivity contribution in [3.8, 4) is 0 Å². The highest BCUT2D eigenvalue weighted by Crippen LogP contribution is 2.40. The lowest BCUT2D eigenvalue weighted by Crippen LogP contribution is -2.49. The second kappa shape index (κ2) is 24.2. The lowest BCUT2D eigenvalue weighted by atomic mass is 10.1. The summed E-state index contributed by atoms with van der Waals surface area (Å²) in [4.78, 5) is 72.9. The van der Waals surface area contributed by atoms with Crippen LogP contribution in [0.25, 0.3) is 23.1 Å². The average Bonchev–Trinajstić information content (AvgIpc) is 3.13. The van der Waals surface area contributed by atoms with Gasteiger partial charge in [0.2, 0.25) is 17.7 Å². The van der Waals surface area contributed by atoms with Gasteiger partial charge in [0.25, 0.3) is 0 Å². The van der Waals surface area contributed by atoms with Gasteiger partial charge in [0, 0.05) is 54.6 Å². The number of nitrogens with zero attached hydrogens (tertiary/aromatic N) is 2. The number of carbonyl (C=O) groups is 6. The molecule has 292 valence electrons. The van der Waals surface area contributed by atoms with E-state index in [-0.39, 0.29) is 35.5 Å². The van der Waals surface area contributed by atoms with Gasteiger partial charge in [-0.1, -0.05) is 48.0 Å². The van der Waals surface area contributed by atoms with Crippen molar-refractivity contribution < 1.29 is 44.1 Å². The summed E-state index contributed by atoms with van der Waals surface area (Å²) in [5.41, 5.74) is 9.04. The molecule has 0 spiro atoms. The van der Waals surface area contributed by atoms with E-state index in [0.717, 1.165) is 27.7 Å². The standard InChI is InChI=1S/C26H27ClN2O3S2.C10H17N3O6S/c1-29(2)24(30)12-14-33-26(34-15-13-25(31)32)20-5-3-4-18(16-20)6-10-22-11-8-19-7-9-21(27)17-23(19)28-22;11-5(10(18)19)1-2-7(14)13-6(4-20)9(17)12-3-8(15)16/h3-11,16-17,26H,12-15H2,1-2H3,(H,31,32);5-6,20H,1-4,11H2,(H,12,17)(H,13,14)(H,15,16)(H,18,19)/b10-6+;/t;5-,6-/m.0/s1. The van der Waals surface area contributed by atoms with Gasteiger partial charge in [0.1, 0.15) is 18.6 Å². The number of aromatic nitrogens is 1. The van der Waals surface area contributed by atoms with Crippen molar-refractivity contribution in [2.45, 2.75) is 42.3 Å². The normalized spacial score (nSPS) is 12.5. The highest BCUT2D eigenvalue weighted by molar-refractivity contribution is 8.16. The molecule has 54 heavy (non-hydrogen) atoms. The maximum atomic E-state index is 11.9. The van der Waals surface area contributed by atoms with E-state index < -0.39 is 48.4 Å². The molecule has 14 nitrogen and oxygen atoms in total. The molecule has 0 bridgehead atoms. The molecule has 7 N–H and O–H groups in total. The van der Waals surface area contributed by atoms with Gasteiger partial charge in [-0.2, -0.15) is 12.6 Å². The molecular formula is C36H44ClN5O9S3. The summed E-state index contributed by atoms with van der Waals surface area (Å²) in [7, 11) is 3.50. The molecule has 1 heterocycles. The monoisotopic (exact) mass is 821 g/mol. The van der Waals surface area contributed by atoms with Crippen LogP contribution in [0, 0.1) is 0 Å². The number of thiol groups is 1. The Balaban J connectivity index is 0.000000432. The molecule has 0 saturated heterocycles. The molecule has 0 aliphatic heterocycles. The zero-order valence-electron chi connectivity index (χ0n) is 29.6. The molecule has 3 atom stereocenters. The smallest absolute Gasteiger partial charge is 0.322 e.